The number of halogens is 1. The number of hydrogen-bond donors (Lipinski definition) is 0. The van der Waals surface area contributed by atoms with Gasteiger partial charge in [-0.2, -0.15) is 5.26 Å². The van der Waals surface area contributed by atoms with Crippen LogP contribution in [0.15, 0.2) is 41.3 Å². The van der Waals surface area contributed by atoms with Gasteiger partial charge in [0.25, 0.3) is 5.91 Å². The molecule has 0 N–H and O–H groups in total. The number of fused-ring (bicyclic) bond motifs is 1. The monoisotopic (exact) mass is 500 g/mol. The van der Waals surface area contributed by atoms with Gasteiger partial charge >= 0.3 is 0 Å². The van der Waals surface area contributed by atoms with Gasteiger partial charge in [0.15, 0.2) is 9.84 Å². The van der Waals surface area contributed by atoms with Crippen LogP contribution in [0.4, 0.5) is 4.39 Å². The van der Waals surface area contributed by atoms with E-state index in [1.807, 2.05) is 13.0 Å². The summed E-state index contributed by atoms with van der Waals surface area (Å²) in [5, 5.41) is 8.85. The van der Waals surface area contributed by atoms with Crippen molar-refractivity contribution in [2.45, 2.75) is 61.9 Å². The van der Waals surface area contributed by atoms with Crippen molar-refractivity contribution in [3.63, 3.8) is 0 Å². The molecule has 1 amide bonds. The summed E-state index contributed by atoms with van der Waals surface area (Å²) in [6.07, 6.45) is 1.43. The molecule has 4 rings (SSSR count). The molecule has 1 saturated heterocycles. The molecule has 186 valence electrons. The Balaban J connectivity index is 1.51. The molecule has 0 bridgehead atoms. The molecule has 0 aromatic heterocycles. The number of ether oxygens (including phenoxy) is 2. The minimum atomic E-state index is -3.64. The lowest BCUT2D eigenvalue weighted by molar-refractivity contribution is -0.0701. The van der Waals surface area contributed by atoms with Gasteiger partial charge in [-0.25, -0.2) is 12.8 Å². The van der Waals surface area contributed by atoms with E-state index in [0.29, 0.717) is 50.3 Å². The maximum absolute atomic E-state index is 13.8. The van der Waals surface area contributed by atoms with Crippen LogP contribution in [-0.4, -0.2) is 49.8 Å². The fraction of sp³-hybridized carbons (Fsp3) is 0.462. The number of sulfone groups is 1. The largest absolute Gasteiger partial charge is 0.487 e. The quantitative estimate of drug-likeness (QED) is 0.603. The van der Waals surface area contributed by atoms with E-state index in [2.05, 4.69) is 0 Å². The number of hydrogen-bond acceptors (Lipinski definition) is 6. The van der Waals surface area contributed by atoms with Crippen LogP contribution in [0.1, 0.15) is 67.6 Å². The summed E-state index contributed by atoms with van der Waals surface area (Å²) < 4.78 is 51.2. The molecule has 0 saturated carbocycles. The van der Waals surface area contributed by atoms with Gasteiger partial charge in [-0.15, -0.1) is 0 Å². The second kappa shape index (κ2) is 9.59. The Bertz CT molecular complexity index is 1280. The molecular formula is C26H29FN2O5S. The third-order valence-corrected chi connectivity index (χ3v) is 9.02. The highest BCUT2D eigenvalue weighted by Gasteiger charge is 2.44. The molecule has 1 fully saturated rings. The number of likely N-dealkylation sites (tertiary alicyclic amines) is 1. The molecule has 1 spiro atoms. The average molecular weight is 501 g/mol. The number of benzene rings is 2. The highest BCUT2D eigenvalue weighted by Crippen LogP contribution is 2.46. The molecular weight excluding hydrogens is 471 g/mol. The summed E-state index contributed by atoms with van der Waals surface area (Å²) in [5.74, 6) is 0.0124. The van der Waals surface area contributed by atoms with E-state index in [1.165, 1.54) is 30.3 Å². The van der Waals surface area contributed by atoms with E-state index >= 15 is 0 Å². The molecule has 0 aliphatic carbocycles. The van der Waals surface area contributed by atoms with Crippen LogP contribution in [0.2, 0.25) is 0 Å². The SMILES string of the molecule is CCO[C@@H]1CC2(CCN(C(=O)c3ccc(S(=O)(=O)C(C)C)c(C#N)c3)CC2)Oc2ccc(F)cc21. The first-order valence-electron chi connectivity index (χ1n) is 11.8. The van der Waals surface area contributed by atoms with Gasteiger partial charge in [0.2, 0.25) is 0 Å². The summed E-state index contributed by atoms with van der Waals surface area (Å²) in [4.78, 5) is 14.8. The van der Waals surface area contributed by atoms with Crippen molar-refractivity contribution in [2.75, 3.05) is 19.7 Å². The average Bonchev–Trinajstić information content (AvgIpc) is 2.84. The van der Waals surface area contributed by atoms with E-state index in [-0.39, 0.29) is 33.9 Å². The van der Waals surface area contributed by atoms with Gasteiger partial charge < -0.3 is 14.4 Å². The Morgan fingerprint density at radius 1 is 1.26 bits per heavy atom. The standard InChI is InChI=1S/C26H29FN2O5S/c1-4-33-23-15-26(34-22-7-6-20(27)14-21(22)23)9-11-29(12-10-26)25(30)18-5-8-24(19(13-18)16-28)35(31,32)17(2)3/h5-8,13-14,17,23H,4,9-12,15H2,1-3H3/t23-/m1/s1. The van der Waals surface area contributed by atoms with Gasteiger partial charge in [-0.1, -0.05) is 0 Å². The lowest BCUT2D eigenvalue weighted by Crippen LogP contribution is -2.52. The number of nitrogens with zero attached hydrogens (tertiary/aromatic N) is 2. The molecule has 9 heteroatoms. The van der Waals surface area contributed by atoms with Crippen molar-refractivity contribution in [3.8, 4) is 11.8 Å². The zero-order valence-electron chi connectivity index (χ0n) is 20.1. The third kappa shape index (κ3) is 4.78. The lowest BCUT2D eigenvalue weighted by Gasteiger charge is -2.46. The highest BCUT2D eigenvalue weighted by molar-refractivity contribution is 7.92. The van der Waals surface area contributed by atoms with E-state index in [1.54, 1.807) is 24.8 Å². The second-order valence-electron chi connectivity index (χ2n) is 9.32. The predicted molar refractivity (Wildman–Crippen MR) is 127 cm³/mol. The number of carbonyl (C=O) groups excluding carboxylic acids is 1. The Morgan fingerprint density at radius 3 is 2.60 bits per heavy atom. The molecule has 35 heavy (non-hydrogen) atoms. The van der Waals surface area contributed by atoms with E-state index in [0.717, 1.165) is 0 Å². The summed E-state index contributed by atoms with van der Waals surface area (Å²) in [6.45, 7) is 6.36. The Hall–Kier alpha value is -2.96. The summed E-state index contributed by atoms with van der Waals surface area (Å²) in [6, 6.07) is 10.5. The normalized spacial score (nSPS) is 19.2. The molecule has 2 aromatic carbocycles. The Kier molecular flexibility index (Phi) is 6.89. The van der Waals surface area contributed by atoms with Crippen LogP contribution in [0.5, 0.6) is 5.75 Å². The first-order chi connectivity index (χ1) is 16.6. The number of carbonyl (C=O) groups is 1. The smallest absolute Gasteiger partial charge is 0.253 e. The number of nitriles is 1. The van der Waals surface area contributed by atoms with Gasteiger partial charge in [0.1, 0.15) is 23.2 Å². The third-order valence-electron chi connectivity index (χ3n) is 6.81. The zero-order chi connectivity index (χ0) is 25.4. The predicted octanol–water partition coefficient (Wildman–Crippen LogP) is 4.41. The Morgan fingerprint density at radius 2 is 1.97 bits per heavy atom. The molecule has 1 atom stereocenters. The maximum atomic E-state index is 13.8. The summed E-state index contributed by atoms with van der Waals surface area (Å²) in [7, 11) is -3.64. The van der Waals surface area contributed by atoms with Gasteiger partial charge in [-0.3, -0.25) is 4.79 Å². The van der Waals surface area contributed by atoms with Crippen LogP contribution < -0.4 is 4.74 Å². The maximum Gasteiger partial charge on any atom is 0.253 e. The summed E-state index contributed by atoms with van der Waals surface area (Å²) in [5.41, 5.74) is 0.431. The van der Waals surface area contributed by atoms with Crippen LogP contribution in [0, 0.1) is 17.1 Å². The van der Waals surface area contributed by atoms with Crippen molar-refractivity contribution >= 4 is 15.7 Å². The van der Waals surface area contributed by atoms with Crippen molar-refractivity contribution in [1.29, 1.82) is 5.26 Å². The lowest BCUT2D eigenvalue weighted by atomic mass is 9.81. The van der Waals surface area contributed by atoms with Gasteiger partial charge in [0, 0.05) is 50.1 Å². The minimum absolute atomic E-state index is 0.0305. The minimum Gasteiger partial charge on any atom is -0.487 e. The second-order valence-corrected chi connectivity index (χ2v) is 11.8. The van der Waals surface area contributed by atoms with Gasteiger partial charge in [-0.05, 0) is 57.2 Å². The molecule has 2 aliphatic rings. The van der Waals surface area contributed by atoms with Crippen LogP contribution in [0.25, 0.3) is 0 Å². The first kappa shape index (κ1) is 25.1. The summed E-state index contributed by atoms with van der Waals surface area (Å²) >= 11 is 0. The molecule has 0 unspecified atom stereocenters. The molecule has 2 heterocycles. The number of rotatable bonds is 5. The fourth-order valence-electron chi connectivity index (χ4n) is 4.80. The first-order valence-corrected chi connectivity index (χ1v) is 13.3. The van der Waals surface area contributed by atoms with E-state index in [9.17, 15) is 22.9 Å². The topological polar surface area (TPSA) is 96.7 Å². The van der Waals surface area contributed by atoms with Gasteiger partial charge in [0.05, 0.1) is 21.8 Å². The van der Waals surface area contributed by atoms with E-state index < -0.39 is 20.7 Å². The van der Waals surface area contributed by atoms with E-state index in [4.69, 9.17) is 9.47 Å². The zero-order valence-corrected chi connectivity index (χ0v) is 20.9. The molecule has 2 aromatic rings. The van der Waals surface area contributed by atoms with Crippen molar-refractivity contribution < 1.29 is 27.1 Å². The molecule has 2 aliphatic heterocycles. The van der Waals surface area contributed by atoms with Crippen LogP contribution >= 0.6 is 0 Å². The van der Waals surface area contributed by atoms with Crippen LogP contribution in [-0.2, 0) is 14.6 Å². The number of amides is 1. The highest BCUT2D eigenvalue weighted by atomic mass is 32.2. The Labute approximate surface area is 205 Å². The molecule has 7 nitrogen and oxygen atoms in total. The van der Waals surface area contributed by atoms with Crippen molar-refractivity contribution in [2.24, 2.45) is 0 Å². The molecule has 0 radical (unpaired) electrons. The number of piperidine rings is 1. The van der Waals surface area contributed by atoms with Crippen molar-refractivity contribution in [3.05, 3.63) is 58.9 Å². The van der Waals surface area contributed by atoms with Crippen LogP contribution in [0.3, 0.4) is 0 Å². The fourth-order valence-corrected chi connectivity index (χ4v) is 5.97. The van der Waals surface area contributed by atoms with Crippen molar-refractivity contribution in [1.82, 2.24) is 4.90 Å².